The van der Waals surface area contributed by atoms with E-state index < -0.39 is 12.0 Å². The molecule has 1 rings (SSSR count). The molecule has 4 nitrogen and oxygen atoms in total. The predicted octanol–water partition coefficient (Wildman–Crippen LogP) is 1.58. The number of carboxylic acid groups (broad SMARTS) is 1. The molecule has 0 spiro atoms. The van der Waals surface area contributed by atoms with Crippen molar-refractivity contribution in [3.05, 3.63) is 24.2 Å². The highest BCUT2D eigenvalue weighted by Crippen LogP contribution is 2.13. The molecule has 1 atom stereocenters. The van der Waals surface area contributed by atoms with Gasteiger partial charge in [0.05, 0.1) is 12.0 Å². The van der Waals surface area contributed by atoms with E-state index in [1.54, 1.807) is 18.0 Å². The van der Waals surface area contributed by atoms with E-state index in [-0.39, 0.29) is 0 Å². The second-order valence-electron chi connectivity index (χ2n) is 3.04. The SMILES string of the molecule is CCNC(CSCc1ccco1)C(=O)O. The Morgan fingerprint density at radius 2 is 2.53 bits per heavy atom. The zero-order chi connectivity index (χ0) is 11.1. The summed E-state index contributed by atoms with van der Waals surface area (Å²) in [6.45, 7) is 2.56. The van der Waals surface area contributed by atoms with Crippen molar-refractivity contribution in [3.8, 4) is 0 Å². The number of hydrogen-bond acceptors (Lipinski definition) is 4. The third-order valence-electron chi connectivity index (χ3n) is 1.86. The molecule has 1 heterocycles. The minimum Gasteiger partial charge on any atom is -0.480 e. The summed E-state index contributed by atoms with van der Waals surface area (Å²) in [5, 5.41) is 11.8. The van der Waals surface area contributed by atoms with Crippen molar-refractivity contribution in [2.75, 3.05) is 12.3 Å². The van der Waals surface area contributed by atoms with E-state index in [9.17, 15) is 4.79 Å². The highest BCUT2D eigenvalue weighted by atomic mass is 32.2. The van der Waals surface area contributed by atoms with Crippen LogP contribution in [-0.4, -0.2) is 29.4 Å². The fourth-order valence-electron chi connectivity index (χ4n) is 1.14. The maximum Gasteiger partial charge on any atom is 0.321 e. The van der Waals surface area contributed by atoms with Crippen molar-refractivity contribution < 1.29 is 14.3 Å². The van der Waals surface area contributed by atoms with Crippen molar-refractivity contribution in [3.63, 3.8) is 0 Å². The summed E-state index contributed by atoms with van der Waals surface area (Å²) in [6, 6.07) is 3.24. The van der Waals surface area contributed by atoms with E-state index >= 15 is 0 Å². The monoisotopic (exact) mass is 229 g/mol. The highest BCUT2D eigenvalue weighted by molar-refractivity contribution is 7.98. The van der Waals surface area contributed by atoms with Gasteiger partial charge in [-0.1, -0.05) is 6.92 Å². The van der Waals surface area contributed by atoms with E-state index in [1.165, 1.54) is 0 Å². The van der Waals surface area contributed by atoms with Gasteiger partial charge in [0.1, 0.15) is 11.8 Å². The fraction of sp³-hybridized carbons (Fsp3) is 0.500. The molecule has 0 saturated carbocycles. The standard InChI is InChI=1S/C10H15NO3S/c1-2-11-9(10(12)13)7-15-6-8-4-3-5-14-8/h3-5,9,11H,2,6-7H2,1H3,(H,12,13). The lowest BCUT2D eigenvalue weighted by Crippen LogP contribution is -2.38. The largest absolute Gasteiger partial charge is 0.480 e. The molecule has 5 heteroatoms. The van der Waals surface area contributed by atoms with E-state index in [0.717, 1.165) is 5.76 Å². The molecule has 1 aromatic rings. The molecule has 0 bridgehead atoms. The van der Waals surface area contributed by atoms with Crippen LogP contribution in [0.1, 0.15) is 12.7 Å². The maximum absolute atomic E-state index is 10.8. The molecule has 0 saturated heterocycles. The summed E-state index contributed by atoms with van der Waals surface area (Å²) in [7, 11) is 0. The Hall–Kier alpha value is -0.940. The van der Waals surface area contributed by atoms with E-state index in [4.69, 9.17) is 9.52 Å². The van der Waals surface area contributed by atoms with Crippen LogP contribution in [0.5, 0.6) is 0 Å². The third-order valence-corrected chi connectivity index (χ3v) is 2.92. The summed E-state index contributed by atoms with van der Waals surface area (Å²) in [4.78, 5) is 10.8. The van der Waals surface area contributed by atoms with Crippen LogP contribution in [0.25, 0.3) is 0 Å². The first-order valence-corrected chi connectivity index (χ1v) is 5.95. The summed E-state index contributed by atoms with van der Waals surface area (Å²) < 4.78 is 5.15. The lowest BCUT2D eigenvalue weighted by molar-refractivity contribution is -0.138. The summed E-state index contributed by atoms with van der Waals surface area (Å²) in [6.07, 6.45) is 1.62. The average Bonchev–Trinajstić information content (AvgIpc) is 2.69. The van der Waals surface area contributed by atoms with Gasteiger partial charge in [0.2, 0.25) is 0 Å². The Bertz CT molecular complexity index is 287. The van der Waals surface area contributed by atoms with Crippen molar-refractivity contribution in [2.24, 2.45) is 0 Å². The Morgan fingerprint density at radius 3 is 3.07 bits per heavy atom. The Labute approximate surface area is 93.0 Å². The normalized spacial score (nSPS) is 12.6. The topological polar surface area (TPSA) is 62.5 Å². The summed E-state index contributed by atoms with van der Waals surface area (Å²) >= 11 is 1.55. The van der Waals surface area contributed by atoms with Crippen molar-refractivity contribution in [1.82, 2.24) is 5.32 Å². The first-order chi connectivity index (χ1) is 7.24. The zero-order valence-electron chi connectivity index (χ0n) is 8.60. The third kappa shape index (κ3) is 4.40. The van der Waals surface area contributed by atoms with Gasteiger partial charge in [-0.05, 0) is 18.7 Å². The van der Waals surface area contributed by atoms with Crippen LogP contribution < -0.4 is 5.32 Å². The second-order valence-corrected chi connectivity index (χ2v) is 4.07. The first-order valence-electron chi connectivity index (χ1n) is 4.80. The van der Waals surface area contributed by atoms with Gasteiger partial charge in [0.25, 0.3) is 0 Å². The van der Waals surface area contributed by atoms with Crippen LogP contribution in [0.4, 0.5) is 0 Å². The van der Waals surface area contributed by atoms with Crippen LogP contribution in [0.2, 0.25) is 0 Å². The van der Waals surface area contributed by atoms with Crippen LogP contribution in [0, 0.1) is 0 Å². The van der Waals surface area contributed by atoms with E-state index in [2.05, 4.69) is 5.32 Å². The van der Waals surface area contributed by atoms with E-state index in [0.29, 0.717) is 18.1 Å². The molecule has 0 aromatic carbocycles. The highest BCUT2D eigenvalue weighted by Gasteiger charge is 2.15. The van der Waals surface area contributed by atoms with Gasteiger partial charge >= 0.3 is 5.97 Å². The predicted molar refractivity (Wildman–Crippen MR) is 60.0 cm³/mol. The second kappa shape index (κ2) is 6.53. The molecule has 84 valence electrons. The zero-order valence-corrected chi connectivity index (χ0v) is 9.42. The molecule has 0 aliphatic heterocycles. The molecular weight excluding hydrogens is 214 g/mol. The molecule has 1 aromatic heterocycles. The van der Waals surface area contributed by atoms with Crippen molar-refractivity contribution in [2.45, 2.75) is 18.7 Å². The summed E-state index contributed by atoms with van der Waals surface area (Å²) in [5.74, 6) is 1.33. The van der Waals surface area contributed by atoms with Crippen LogP contribution in [0.3, 0.4) is 0 Å². The van der Waals surface area contributed by atoms with Gasteiger partial charge in [-0.2, -0.15) is 11.8 Å². The van der Waals surface area contributed by atoms with Gasteiger partial charge < -0.3 is 14.8 Å². The van der Waals surface area contributed by atoms with E-state index in [1.807, 2.05) is 19.1 Å². The number of rotatable bonds is 7. The van der Waals surface area contributed by atoms with Gasteiger partial charge in [-0.15, -0.1) is 0 Å². The number of likely N-dealkylation sites (N-methyl/N-ethyl adjacent to an activating group) is 1. The van der Waals surface area contributed by atoms with Gasteiger partial charge in [0, 0.05) is 5.75 Å². The first kappa shape index (κ1) is 12.1. The minimum atomic E-state index is -0.802. The molecule has 15 heavy (non-hydrogen) atoms. The number of aliphatic carboxylic acids is 1. The van der Waals surface area contributed by atoms with Gasteiger partial charge in [-0.25, -0.2) is 0 Å². The molecule has 0 aliphatic carbocycles. The minimum absolute atomic E-state index is 0.477. The van der Waals surface area contributed by atoms with Crippen molar-refractivity contribution in [1.29, 1.82) is 0 Å². The number of carbonyl (C=O) groups is 1. The quantitative estimate of drug-likeness (QED) is 0.743. The lowest BCUT2D eigenvalue weighted by atomic mass is 10.3. The molecule has 0 radical (unpaired) electrons. The number of nitrogens with one attached hydrogen (secondary N) is 1. The lowest BCUT2D eigenvalue weighted by Gasteiger charge is -2.11. The molecule has 0 fully saturated rings. The maximum atomic E-state index is 10.8. The van der Waals surface area contributed by atoms with Crippen molar-refractivity contribution >= 4 is 17.7 Å². The Morgan fingerprint density at radius 1 is 1.73 bits per heavy atom. The molecule has 0 amide bonds. The van der Waals surface area contributed by atoms with Crippen LogP contribution in [-0.2, 0) is 10.5 Å². The number of carboxylic acids is 1. The number of furan rings is 1. The number of hydrogen-bond donors (Lipinski definition) is 2. The fourth-order valence-corrected chi connectivity index (χ4v) is 2.12. The van der Waals surface area contributed by atoms with Crippen LogP contribution in [0.15, 0.2) is 22.8 Å². The molecule has 0 aliphatic rings. The van der Waals surface area contributed by atoms with Gasteiger partial charge in [-0.3, -0.25) is 4.79 Å². The average molecular weight is 229 g/mol. The van der Waals surface area contributed by atoms with Crippen LogP contribution >= 0.6 is 11.8 Å². The van der Waals surface area contributed by atoms with Gasteiger partial charge in [0.15, 0.2) is 0 Å². The smallest absolute Gasteiger partial charge is 0.321 e. The summed E-state index contributed by atoms with van der Waals surface area (Å²) in [5.41, 5.74) is 0. The molecule has 1 unspecified atom stereocenters. The Balaban J connectivity index is 2.25. The molecular formula is C10H15NO3S. The molecule has 2 N–H and O–H groups in total. The number of thioether (sulfide) groups is 1. The Kier molecular flexibility index (Phi) is 5.28.